The maximum absolute atomic E-state index is 11.0. The van der Waals surface area contributed by atoms with Crippen LogP contribution in [0, 0.1) is 10.1 Å². The van der Waals surface area contributed by atoms with E-state index < -0.39 is 9.79 Å². The quantitative estimate of drug-likeness (QED) is 0.330. The van der Waals surface area contributed by atoms with Crippen molar-refractivity contribution in [2.24, 2.45) is 4.99 Å². The molecule has 10 heteroatoms. The van der Waals surface area contributed by atoms with Crippen LogP contribution in [0.5, 0.6) is 0 Å². The van der Waals surface area contributed by atoms with Gasteiger partial charge >= 0.3 is 0 Å². The lowest BCUT2D eigenvalue weighted by molar-refractivity contribution is -0.384. The van der Waals surface area contributed by atoms with Crippen LogP contribution in [-0.4, -0.2) is 47.1 Å². The first-order valence-electron chi connectivity index (χ1n) is 10.8. The molecule has 3 aromatic rings. The van der Waals surface area contributed by atoms with Gasteiger partial charge in [0.05, 0.1) is 31.0 Å². The van der Waals surface area contributed by atoms with Gasteiger partial charge in [-0.05, 0) is 11.1 Å². The molecule has 1 atom stereocenters. The van der Waals surface area contributed by atoms with Crippen LogP contribution in [0.4, 0.5) is 17.5 Å². The molecule has 0 amide bonds. The smallest absolute Gasteiger partial charge is 0.269 e. The van der Waals surface area contributed by atoms with Crippen molar-refractivity contribution in [3.05, 3.63) is 81.5 Å². The number of non-ortho nitro benzene ring substituents is 1. The van der Waals surface area contributed by atoms with Gasteiger partial charge in [0.1, 0.15) is 10.6 Å². The molecule has 1 saturated heterocycles. The minimum atomic E-state index is -0.809. The molecule has 1 aromatic heterocycles. The number of aliphatic imine (C=N–C) groups is 1. The van der Waals surface area contributed by atoms with E-state index in [0.717, 1.165) is 41.7 Å². The molecule has 2 aromatic carbocycles. The Hall–Kier alpha value is -3.37. The number of imidazole rings is 1. The summed E-state index contributed by atoms with van der Waals surface area (Å²) in [5.74, 6) is 1.60. The standard InChI is InChI=1S/C23H24N6O3S/c30-29(31)19-8-6-17(7-9-19)14-23(33)20-21(24-16-25-23)28(15-18-4-2-1-3-5-18)22(26-20)27-10-12-32-13-11-27/h1-9,16,33H,10-15H2,(H,24,25). The number of anilines is 1. The van der Waals surface area contributed by atoms with Crippen molar-refractivity contribution in [3.8, 4) is 0 Å². The van der Waals surface area contributed by atoms with Crippen molar-refractivity contribution in [1.29, 1.82) is 0 Å². The number of hydrogen-bond donors (Lipinski definition) is 2. The highest BCUT2D eigenvalue weighted by Crippen LogP contribution is 2.41. The molecule has 33 heavy (non-hydrogen) atoms. The van der Waals surface area contributed by atoms with Crippen LogP contribution in [-0.2, 0) is 22.6 Å². The Morgan fingerprint density at radius 1 is 1.09 bits per heavy atom. The molecule has 2 aliphatic heterocycles. The molecule has 0 radical (unpaired) electrons. The molecule has 5 rings (SSSR count). The van der Waals surface area contributed by atoms with E-state index in [1.54, 1.807) is 18.5 Å². The Kier molecular flexibility index (Phi) is 5.77. The first kappa shape index (κ1) is 21.5. The molecule has 2 aliphatic rings. The second-order valence-corrected chi connectivity index (χ2v) is 8.88. The fourth-order valence-electron chi connectivity index (χ4n) is 4.19. The van der Waals surface area contributed by atoms with Gasteiger partial charge in [-0.25, -0.2) is 9.98 Å². The van der Waals surface area contributed by atoms with E-state index in [9.17, 15) is 10.1 Å². The van der Waals surface area contributed by atoms with Crippen LogP contribution >= 0.6 is 12.6 Å². The van der Waals surface area contributed by atoms with Gasteiger partial charge in [-0.3, -0.25) is 14.7 Å². The molecule has 170 valence electrons. The Morgan fingerprint density at radius 3 is 2.52 bits per heavy atom. The molecule has 0 bridgehead atoms. The molecule has 0 spiro atoms. The van der Waals surface area contributed by atoms with Gasteiger partial charge in [-0.15, -0.1) is 12.6 Å². The molecular formula is C23H24N6O3S. The average Bonchev–Trinajstić information content (AvgIpc) is 3.20. The Morgan fingerprint density at radius 2 is 1.82 bits per heavy atom. The summed E-state index contributed by atoms with van der Waals surface area (Å²) in [6.45, 7) is 3.44. The number of nitro groups is 1. The summed E-state index contributed by atoms with van der Waals surface area (Å²) in [4.78, 5) is 21.7. The fraction of sp³-hybridized carbons (Fsp3) is 0.304. The van der Waals surface area contributed by atoms with Gasteiger partial charge in [0.2, 0.25) is 5.95 Å². The number of benzene rings is 2. The third-order valence-electron chi connectivity index (χ3n) is 5.89. The molecule has 9 nitrogen and oxygen atoms in total. The maximum Gasteiger partial charge on any atom is 0.269 e. The number of morpholine rings is 1. The number of nitrogens with zero attached hydrogens (tertiary/aromatic N) is 5. The zero-order valence-electron chi connectivity index (χ0n) is 17.9. The van der Waals surface area contributed by atoms with Crippen LogP contribution in [0.3, 0.4) is 0 Å². The van der Waals surface area contributed by atoms with Gasteiger partial charge < -0.3 is 15.0 Å². The SMILES string of the molecule is O=[N+]([O-])c1ccc(CC2(S)NC=Nc3c2nc(N2CCOCC2)n3Cc2ccccc2)cc1. The maximum atomic E-state index is 11.0. The average molecular weight is 465 g/mol. The van der Waals surface area contributed by atoms with E-state index in [0.29, 0.717) is 26.2 Å². The van der Waals surface area contributed by atoms with Crippen LogP contribution in [0.2, 0.25) is 0 Å². The highest BCUT2D eigenvalue weighted by molar-refractivity contribution is 7.81. The molecular weight excluding hydrogens is 440 g/mol. The fourth-order valence-corrected chi connectivity index (χ4v) is 4.58. The summed E-state index contributed by atoms with van der Waals surface area (Å²) < 4.78 is 7.68. The third-order valence-corrected chi connectivity index (χ3v) is 6.39. The number of thiol groups is 1. The van der Waals surface area contributed by atoms with Crippen LogP contribution in [0.25, 0.3) is 0 Å². The van der Waals surface area contributed by atoms with E-state index in [1.165, 1.54) is 12.1 Å². The van der Waals surface area contributed by atoms with Gasteiger partial charge in [-0.1, -0.05) is 42.5 Å². The van der Waals surface area contributed by atoms with Crippen LogP contribution in [0.15, 0.2) is 59.6 Å². The third kappa shape index (κ3) is 4.31. The first-order chi connectivity index (χ1) is 16.0. The predicted molar refractivity (Wildman–Crippen MR) is 130 cm³/mol. The van der Waals surface area contributed by atoms with E-state index in [1.807, 2.05) is 18.2 Å². The number of fused-ring (bicyclic) bond motifs is 1. The molecule has 1 fully saturated rings. The minimum absolute atomic E-state index is 0.0626. The highest BCUT2D eigenvalue weighted by Gasteiger charge is 2.38. The van der Waals surface area contributed by atoms with Crippen molar-refractivity contribution >= 4 is 36.4 Å². The van der Waals surface area contributed by atoms with E-state index in [4.69, 9.17) is 22.3 Å². The summed E-state index contributed by atoms with van der Waals surface area (Å²) in [7, 11) is 0. The topological polar surface area (TPSA) is 97.8 Å². The molecule has 0 aliphatic carbocycles. The summed E-state index contributed by atoms with van der Waals surface area (Å²) >= 11 is 5.00. The summed E-state index contributed by atoms with van der Waals surface area (Å²) in [5, 5.41) is 14.3. The van der Waals surface area contributed by atoms with Gasteiger partial charge in [-0.2, -0.15) is 0 Å². The largest absolute Gasteiger partial charge is 0.378 e. The van der Waals surface area contributed by atoms with Crippen molar-refractivity contribution in [1.82, 2.24) is 14.9 Å². The predicted octanol–water partition coefficient (Wildman–Crippen LogP) is 3.26. The molecule has 1 N–H and O–H groups in total. The van der Waals surface area contributed by atoms with Gasteiger partial charge in [0, 0.05) is 31.6 Å². The monoisotopic (exact) mass is 464 g/mol. The van der Waals surface area contributed by atoms with E-state index in [2.05, 4.69) is 31.9 Å². The van der Waals surface area contributed by atoms with Crippen LogP contribution < -0.4 is 10.2 Å². The molecule has 1 unspecified atom stereocenters. The lowest BCUT2D eigenvalue weighted by Crippen LogP contribution is -2.41. The zero-order chi connectivity index (χ0) is 22.8. The normalized spacial score (nSPS) is 19.7. The lowest BCUT2D eigenvalue weighted by atomic mass is 10.0. The molecule has 0 saturated carbocycles. The number of hydrogen-bond acceptors (Lipinski definition) is 8. The second-order valence-electron chi connectivity index (χ2n) is 8.12. The Balaban J connectivity index is 1.53. The number of ether oxygens (including phenoxy) is 1. The zero-order valence-corrected chi connectivity index (χ0v) is 18.8. The number of nitrogens with one attached hydrogen (secondary N) is 1. The second kappa shape index (κ2) is 8.87. The summed E-state index contributed by atoms with van der Waals surface area (Å²) in [6.07, 6.45) is 2.14. The van der Waals surface area contributed by atoms with Crippen molar-refractivity contribution in [3.63, 3.8) is 0 Å². The van der Waals surface area contributed by atoms with E-state index >= 15 is 0 Å². The van der Waals surface area contributed by atoms with Crippen molar-refractivity contribution in [2.45, 2.75) is 17.8 Å². The summed E-state index contributed by atoms with van der Waals surface area (Å²) in [5.41, 5.74) is 2.87. The summed E-state index contributed by atoms with van der Waals surface area (Å²) in [6, 6.07) is 16.8. The number of nitro benzene ring substituents is 1. The van der Waals surface area contributed by atoms with Gasteiger partial charge in [0.15, 0.2) is 5.82 Å². The van der Waals surface area contributed by atoms with Crippen LogP contribution in [0.1, 0.15) is 16.8 Å². The minimum Gasteiger partial charge on any atom is -0.378 e. The van der Waals surface area contributed by atoms with Crippen molar-refractivity contribution < 1.29 is 9.66 Å². The van der Waals surface area contributed by atoms with Crippen molar-refractivity contribution in [2.75, 3.05) is 31.2 Å². The van der Waals surface area contributed by atoms with Gasteiger partial charge in [0.25, 0.3) is 5.69 Å². The first-order valence-corrected chi connectivity index (χ1v) is 11.2. The molecule has 3 heterocycles. The van der Waals surface area contributed by atoms with E-state index in [-0.39, 0.29) is 5.69 Å². The number of rotatable bonds is 6. The highest BCUT2D eigenvalue weighted by atomic mass is 32.1. The number of aromatic nitrogens is 2. The Bertz CT molecular complexity index is 1170. The Labute approximate surface area is 196 Å². The lowest BCUT2D eigenvalue weighted by Gasteiger charge is -2.30.